The zero-order chi connectivity index (χ0) is 8.97. The van der Waals surface area contributed by atoms with Gasteiger partial charge in [-0.3, -0.25) is 10.1 Å². The number of hydrogen-bond donors (Lipinski definition) is 1. The van der Waals surface area contributed by atoms with Gasteiger partial charge < -0.3 is 5.73 Å². The van der Waals surface area contributed by atoms with Crippen LogP contribution in [0.5, 0.6) is 0 Å². The third-order valence-electron chi connectivity index (χ3n) is 1.53. The van der Waals surface area contributed by atoms with Crippen LogP contribution in [-0.4, -0.2) is 11.5 Å². The molecular formula is C8H10N2O2. The Labute approximate surface area is 70.2 Å². The molecule has 0 unspecified atom stereocenters. The zero-order valence-corrected chi connectivity index (χ0v) is 6.56. The monoisotopic (exact) mass is 166 g/mol. The second-order valence-corrected chi connectivity index (χ2v) is 2.55. The van der Waals surface area contributed by atoms with Gasteiger partial charge in [-0.1, -0.05) is 12.1 Å². The number of rotatable bonds is 3. The lowest BCUT2D eigenvalue weighted by molar-refractivity contribution is -0.479. The molecule has 2 N–H and O–H groups in total. The predicted molar refractivity (Wildman–Crippen MR) is 46.4 cm³/mol. The first-order valence-corrected chi connectivity index (χ1v) is 3.64. The fourth-order valence-electron chi connectivity index (χ4n) is 0.969. The van der Waals surface area contributed by atoms with Gasteiger partial charge in [0.1, 0.15) is 0 Å². The van der Waals surface area contributed by atoms with Gasteiger partial charge in [-0.2, -0.15) is 0 Å². The molecule has 0 aromatic heterocycles. The highest BCUT2D eigenvalue weighted by Gasteiger charge is 1.98. The highest BCUT2D eigenvalue weighted by molar-refractivity contribution is 5.40. The fraction of sp³-hybridized carbons (Fsp3) is 0.250. The molecule has 12 heavy (non-hydrogen) atoms. The van der Waals surface area contributed by atoms with Crippen LogP contribution < -0.4 is 5.73 Å². The van der Waals surface area contributed by atoms with Crippen LogP contribution in [0.25, 0.3) is 0 Å². The van der Waals surface area contributed by atoms with Crippen LogP contribution in [0, 0.1) is 10.1 Å². The fourth-order valence-corrected chi connectivity index (χ4v) is 0.969. The SMILES string of the molecule is Nc1cccc(CC[N+](=O)[O-])c1. The molecule has 0 spiro atoms. The maximum Gasteiger partial charge on any atom is 0.207 e. The molecule has 0 heterocycles. The van der Waals surface area contributed by atoms with Crippen LogP contribution in [0.2, 0.25) is 0 Å². The van der Waals surface area contributed by atoms with Crippen molar-refractivity contribution in [1.29, 1.82) is 0 Å². The van der Waals surface area contributed by atoms with Gasteiger partial charge in [0, 0.05) is 17.0 Å². The summed E-state index contributed by atoms with van der Waals surface area (Å²) in [4.78, 5) is 9.70. The molecule has 4 heteroatoms. The molecule has 1 rings (SSSR count). The first-order chi connectivity index (χ1) is 5.68. The standard InChI is InChI=1S/C8H10N2O2/c9-8-3-1-2-7(6-8)4-5-10(11)12/h1-3,6H,4-5,9H2. The van der Waals surface area contributed by atoms with Crippen LogP contribution in [0.1, 0.15) is 5.56 Å². The van der Waals surface area contributed by atoms with E-state index in [0.717, 1.165) is 5.56 Å². The number of anilines is 1. The van der Waals surface area contributed by atoms with Gasteiger partial charge >= 0.3 is 0 Å². The first kappa shape index (κ1) is 8.52. The van der Waals surface area contributed by atoms with Crippen LogP contribution in [0.15, 0.2) is 24.3 Å². The highest BCUT2D eigenvalue weighted by atomic mass is 16.6. The first-order valence-electron chi connectivity index (χ1n) is 3.64. The van der Waals surface area contributed by atoms with Gasteiger partial charge in [0.05, 0.1) is 0 Å². The van der Waals surface area contributed by atoms with Crippen molar-refractivity contribution in [3.63, 3.8) is 0 Å². The van der Waals surface area contributed by atoms with E-state index in [1.165, 1.54) is 0 Å². The molecule has 0 saturated carbocycles. The van der Waals surface area contributed by atoms with Crippen molar-refractivity contribution in [2.45, 2.75) is 6.42 Å². The Morgan fingerprint density at radius 1 is 1.50 bits per heavy atom. The van der Waals surface area contributed by atoms with Crippen molar-refractivity contribution < 1.29 is 4.92 Å². The summed E-state index contributed by atoms with van der Waals surface area (Å²) in [5, 5.41) is 10.0. The maximum atomic E-state index is 10.0. The van der Waals surface area contributed by atoms with Gasteiger partial charge in [0.2, 0.25) is 6.54 Å². The second kappa shape index (κ2) is 3.71. The van der Waals surface area contributed by atoms with E-state index in [4.69, 9.17) is 5.73 Å². The number of benzene rings is 1. The Morgan fingerprint density at radius 2 is 2.25 bits per heavy atom. The minimum absolute atomic E-state index is 0.0382. The van der Waals surface area contributed by atoms with Gasteiger partial charge in [0.25, 0.3) is 0 Å². The molecule has 0 aliphatic rings. The van der Waals surface area contributed by atoms with E-state index in [-0.39, 0.29) is 11.5 Å². The van der Waals surface area contributed by atoms with E-state index in [1.54, 1.807) is 18.2 Å². The normalized spacial score (nSPS) is 9.67. The zero-order valence-electron chi connectivity index (χ0n) is 6.56. The van der Waals surface area contributed by atoms with Crippen molar-refractivity contribution >= 4 is 5.69 Å². The molecule has 64 valence electrons. The van der Waals surface area contributed by atoms with Crippen LogP contribution in [0.3, 0.4) is 0 Å². The summed E-state index contributed by atoms with van der Waals surface area (Å²) >= 11 is 0. The maximum absolute atomic E-state index is 10.0. The van der Waals surface area contributed by atoms with Crippen LogP contribution >= 0.6 is 0 Å². The topological polar surface area (TPSA) is 69.2 Å². The minimum atomic E-state index is -0.330. The van der Waals surface area contributed by atoms with Crippen molar-refractivity contribution in [3.05, 3.63) is 39.9 Å². The molecule has 1 aromatic carbocycles. The van der Waals surface area contributed by atoms with Crippen LogP contribution in [0.4, 0.5) is 5.69 Å². The minimum Gasteiger partial charge on any atom is -0.399 e. The van der Waals surface area contributed by atoms with E-state index < -0.39 is 0 Å². The van der Waals surface area contributed by atoms with Crippen LogP contribution in [-0.2, 0) is 6.42 Å². The number of nitro groups is 1. The lowest BCUT2D eigenvalue weighted by Crippen LogP contribution is -2.04. The third kappa shape index (κ3) is 2.57. The van der Waals surface area contributed by atoms with Crippen molar-refractivity contribution in [2.24, 2.45) is 0 Å². The quantitative estimate of drug-likeness (QED) is 0.415. The van der Waals surface area contributed by atoms with Gasteiger partial charge in [0.15, 0.2) is 0 Å². The van der Waals surface area contributed by atoms with Crippen molar-refractivity contribution in [2.75, 3.05) is 12.3 Å². The molecule has 0 amide bonds. The molecule has 0 saturated heterocycles. The molecule has 0 aliphatic heterocycles. The summed E-state index contributed by atoms with van der Waals surface area (Å²) in [6.45, 7) is -0.0382. The number of nitrogens with zero attached hydrogens (tertiary/aromatic N) is 1. The molecule has 1 aromatic rings. The van der Waals surface area contributed by atoms with E-state index in [9.17, 15) is 10.1 Å². The molecular weight excluding hydrogens is 156 g/mol. The van der Waals surface area contributed by atoms with Gasteiger partial charge in [-0.15, -0.1) is 0 Å². The van der Waals surface area contributed by atoms with E-state index in [0.29, 0.717) is 12.1 Å². The van der Waals surface area contributed by atoms with Gasteiger partial charge in [-0.05, 0) is 17.7 Å². The largest absolute Gasteiger partial charge is 0.399 e. The summed E-state index contributed by atoms with van der Waals surface area (Å²) in [7, 11) is 0. The van der Waals surface area contributed by atoms with Crippen molar-refractivity contribution in [1.82, 2.24) is 0 Å². The lowest BCUT2D eigenvalue weighted by Gasteiger charge is -1.97. The Hall–Kier alpha value is -1.58. The number of hydrogen-bond acceptors (Lipinski definition) is 3. The summed E-state index contributed by atoms with van der Waals surface area (Å²) in [5.74, 6) is 0. The van der Waals surface area contributed by atoms with E-state index in [2.05, 4.69) is 0 Å². The molecule has 0 atom stereocenters. The Morgan fingerprint density at radius 3 is 2.83 bits per heavy atom. The average Bonchev–Trinajstić information content (AvgIpc) is 2.01. The third-order valence-corrected chi connectivity index (χ3v) is 1.53. The molecule has 0 bridgehead atoms. The Bertz CT molecular complexity index is 286. The lowest BCUT2D eigenvalue weighted by atomic mass is 10.1. The summed E-state index contributed by atoms with van der Waals surface area (Å²) < 4.78 is 0. The average molecular weight is 166 g/mol. The molecule has 0 aliphatic carbocycles. The molecule has 4 nitrogen and oxygen atoms in total. The predicted octanol–water partition coefficient (Wildman–Crippen LogP) is 1.09. The Balaban J connectivity index is 2.57. The highest BCUT2D eigenvalue weighted by Crippen LogP contribution is 2.06. The molecule has 0 radical (unpaired) electrons. The summed E-state index contributed by atoms with van der Waals surface area (Å²) in [5.41, 5.74) is 7.05. The van der Waals surface area contributed by atoms with E-state index >= 15 is 0 Å². The Kier molecular flexibility index (Phi) is 2.63. The second-order valence-electron chi connectivity index (χ2n) is 2.55. The van der Waals surface area contributed by atoms with Gasteiger partial charge in [-0.25, -0.2) is 0 Å². The smallest absolute Gasteiger partial charge is 0.207 e. The number of nitrogen functional groups attached to an aromatic ring is 1. The van der Waals surface area contributed by atoms with Crippen molar-refractivity contribution in [3.8, 4) is 0 Å². The number of nitrogens with two attached hydrogens (primary N) is 1. The van der Waals surface area contributed by atoms with E-state index in [1.807, 2.05) is 6.07 Å². The summed E-state index contributed by atoms with van der Waals surface area (Å²) in [6, 6.07) is 7.14. The molecule has 0 fully saturated rings. The summed E-state index contributed by atoms with van der Waals surface area (Å²) in [6.07, 6.45) is 0.442.